The average molecular weight is 320 g/mol. The van der Waals surface area contributed by atoms with Crippen LogP contribution in [-0.4, -0.2) is 24.0 Å². The van der Waals surface area contributed by atoms with Crippen molar-refractivity contribution in [2.24, 2.45) is 0 Å². The maximum atomic E-state index is 12.7. The Labute approximate surface area is 139 Å². The second-order valence-electron chi connectivity index (χ2n) is 5.49. The van der Waals surface area contributed by atoms with E-state index in [0.717, 1.165) is 10.8 Å². The van der Waals surface area contributed by atoms with Gasteiger partial charge in [0.2, 0.25) is 0 Å². The number of hydrogen-bond acceptors (Lipinski definition) is 3. The number of carbonyl (C=O) groups is 2. The van der Waals surface area contributed by atoms with Crippen LogP contribution < -0.4 is 4.74 Å². The summed E-state index contributed by atoms with van der Waals surface area (Å²) in [5.41, 5.74) is 1.65. The minimum Gasteiger partial charge on any atom is -0.497 e. The Balaban J connectivity index is 2.16. The second-order valence-corrected chi connectivity index (χ2v) is 5.49. The van der Waals surface area contributed by atoms with Crippen LogP contribution in [0.5, 0.6) is 5.75 Å². The van der Waals surface area contributed by atoms with E-state index in [4.69, 9.17) is 4.74 Å². The predicted molar refractivity (Wildman–Crippen MR) is 91.7 cm³/mol. The quantitative estimate of drug-likeness (QED) is 0.728. The summed E-state index contributed by atoms with van der Waals surface area (Å²) < 4.78 is 5.21. The molecule has 0 aromatic heterocycles. The van der Waals surface area contributed by atoms with Gasteiger partial charge < -0.3 is 9.84 Å². The Morgan fingerprint density at radius 1 is 0.958 bits per heavy atom. The summed E-state index contributed by atoms with van der Waals surface area (Å²) in [6.07, 6.45) is -0.153. The summed E-state index contributed by atoms with van der Waals surface area (Å²) in [6.45, 7) is 0. The molecule has 0 aliphatic carbocycles. The normalized spacial score (nSPS) is 10.5. The van der Waals surface area contributed by atoms with Gasteiger partial charge in [0.1, 0.15) is 5.75 Å². The number of rotatable bonds is 5. The number of fused-ring (bicyclic) bond motifs is 1. The van der Waals surface area contributed by atoms with Crippen molar-refractivity contribution in [1.29, 1.82) is 0 Å². The van der Waals surface area contributed by atoms with Crippen LogP contribution in [0.2, 0.25) is 0 Å². The molecule has 4 nitrogen and oxygen atoms in total. The molecule has 0 unspecified atom stereocenters. The first-order valence-electron chi connectivity index (χ1n) is 7.50. The van der Waals surface area contributed by atoms with Crippen LogP contribution in [0.25, 0.3) is 10.8 Å². The van der Waals surface area contributed by atoms with E-state index in [1.165, 1.54) is 0 Å². The Kier molecular flexibility index (Phi) is 4.29. The molecule has 0 atom stereocenters. The van der Waals surface area contributed by atoms with Crippen LogP contribution >= 0.6 is 0 Å². The lowest BCUT2D eigenvalue weighted by atomic mass is 9.94. The molecule has 0 fully saturated rings. The Hall–Kier alpha value is -3.14. The SMILES string of the molecule is COc1ccc2cc(C(=O)c3ccccc3)cc(CC(=O)O)c2c1. The third-order valence-electron chi connectivity index (χ3n) is 3.89. The Morgan fingerprint density at radius 2 is 1.71 bits per heavy atom. The molecular weight excluding hydrogens is 304 g/mol. The van der Waals surface area contributed by atoms with Crippen molar-refractivity contribution in [3.05, 3.63) is 77.4 Å². The zero-order valence-electron chi connectivity index (χ0n) is 13.2. The van der Waals surface area contributed by atoms with Crippen molar-refractivity contribution in [3.8, 4) is 5.75 Å². The fraction of sp³-hybridized carbons (Fsp3) is 0.100. The molecule has 0 saturated heterocycles. The van der Waals surface area contributed by atoms with Crippen LogP contribution in [0, 0.1) is 0 Å². The lowest BCUT2D eigenvalue weighted by molar-refractivity contribution is -0.136. The summed E-state index contributed by atoms with van der Waals surface area (Å²) in [5, 5.41) is 10.8. The fourth-order valence-corrected chi connectivity index (χ4v) is 2.74. The predicted octanol–water partition coefficient (Wildman–Crippen LogP) is 3.71. The summed E-state index contributed by atoms with van der Waals surface area (Å²) in [6, 6.07) is 17.8. The maximum absolute atomic E-state index is 12.7. The molecule has 3 aromatic carbocycles. The lowest BCUT2D eigenvalue weighted by Gasteiger charge is -2.10. The molecule has 1 N–H and O–H groups in total. The molecule has 0 aliphatic rings. The number of ether oxygens (including phenoxy) is 1. The zero-order valence-corrected chi connectivity index (χ0v) is 13.2. The largest absolute Gasteiger partial charge is 0.497 e. The summed E-state index contributed by atoms with van der Waals surface area (Å²) in [5.74, 6) is -0.417. The number of hydrogen-bond donors (Lipinski definition) is 1. The van der Waals surface area contributed by atoms with Gasteiger partial charge in [-0.2, -0.15) is 0 Å². The van der Waals surface area contributed by atoms with Gasteiger partial charge in [0.05, 0.1) is 13.5 Å². The van der Waals surface area contributed by atoms with Crippen LogP contribution in [-0.2, 0) is 11.2 Å². The highest BCUT2D eigenvalue weighted by Crippen LogP contribution is 2.27. The molecular formula is C20H16O4. The van der Waals surface area contributed by atoms with Gasteiger partial charge >= 0.3 is 5.97 Å². The van der Waals surface area contributed by atoms with E-state index in [0.29, 0.717) is 22.4 Å². The highest BCUT2D eigenvalue weighted by Gasteiger charge is 2.14. The minimum absolute atomic E-state index is 0.125. The fourth-order valence-electron chi connectivity index (χ4n) is 2.74. The number of carboxylic acid groups (broad SMARTS) is 1. The van der Waals surface area contributed by atoms with Crippen LogP contribution in [0.3, 0.4) is 0 Å². The molecule has 0 aliphatic heterocycles. The third-order valence-corrected chi connectivity index (χ3v) is 3.89. The van der Waals surface area contributed by atoms with E-state index in [1.54, 1.807) is 55.6 Å². The van der Waals surface area contributed by atoms with E-state index in [2.05, 4.69) is 0 Å². The highest BCUT2D eigenvalue weighted by molar-refractivity contribution is 6.11. The number of carboxylic acids is 1. The van der Waals surface area contributed by atoms with Crippen LogP contribution in [0.15, 0.2) is 60.7 Å². The number of ketones is 1. The van der Waals surface area contributed by atoms with Crippen molar-refractivity contribution in [3.63, 3.8) is 0 Å². The molecule has 0 bridgehead atoms. The summed E-state index contributed by atoms with van der Waals surface area (Å²) in [7, 11) is 1.56. The van der Waals surface area contributed by atoms with Gasteiger partial charge in [-0.05, 0) is 40.6 Å². The number of benzene rings is 3. The number of methoxy groups -OCH3 is 1. The Bertz CT molecular complexity index is 914. The van der Waals surface area contributed by atoms with Crippen molar-refractivity contribution in [1.82, 2.24) is 0 Å². The van der Waals surface area contributed by atoms with Crippen molar-refractivity contribution in [2.75, 3.05) is 7.11 Å². The van der Waals surface area contributed by atoms with E-state index < -0.39 is 5.97 Å². The van der Waals surface area contributed by atoms with E-state index in [-0.39, 0.29) is 12.2 Å². The summed E-state index contributed by atoms with van der Waals surface area (Å²) >= 11 is 0. The molecule has 0 heterocycles. The number of aliphatic carboxylic acids is 1. The standard InChI is InChI=1S/C20H16O4/c1-24-17-8-7-14-9-16(20(23)13-5-3-2-4-6-13)10-15(11-19(21)22)18(14)12-17/h2-10,12H,11H2,1H3,(H,21,22). The van der Waals surface area contributed by atoms with Crippen molar-refractivity contribution in [2.45, 2.75) is 6.42 Å². The van der Waals surface area contributed by atoms with E-state index in [1.807, 2.05) is 12.1 Å². The smallest absolute Gasteiger partial charge is 0.307 e. The molecule has 0 spiro atoms. The summed E-state index contributed by atoms with van der Waals surface area (Å²) in [4.78, 5) is 23.9. The number of carbonyl (C=O) groups excluding carboxylic acids is 1. The van der Waals surface area contributed by atoms with Crippen LogP contribution in [0.4, 0.5) is 0 Å². The molecule has 3 aromatic rings. The molecule has 24 heavy (non-hydrogen) atoms. The highest BCUT2D eigenvalue weighted by atomic mass is 16.5. The van der Waals surface area contributed by atoms with E-state index >= 15 is 0 Å². The zero-order chi connectivity index (χ0) is 17.1. The Morgan fingerprint density at radius 3 is 2.38 bits per heavy atom. The first-order valence-corrected chi connectivity index (χ1v) is 7.50. The van der Waals surface area contributed by atoms with Gasteiger partial charge in [-0.3, -0.25) is 9.59 Å². The van der Waals surface area contributed by atoms with Gasteiger partial charge in [-0.25, -0.2) is 0 Å². The van der Waals surface area contributed by atoms with Crippen LogP contribution in [0.1, 0.15) is 21.5 Å². The average Bonchev–Trinajstić information content (AvgIpc) is 2.61. The monoisotopic (exact) mass is 320 g/mol. The maximum Gasteiger partial charge on any atom is 0.307 e. The van der Waals surface area contributed by atoms with Gasteiger partial charge in [-0.1, -0.05) is 36.4 Å². The van der Waals surface area contributed by atoms with Gasteiger partial charge in [0.25, 0.3) is 0 Å². The molecule has 4 heteroatoms. The van der Waals surface area contributed by atoms with Gasteiger partial charge in [0.15, 0.2) is 5.78 Å². The first-order chi connectivity index (χ1) is 11.6. The lowest BCUT2D eigenvalue weighted by Crippen LogP contribution is -2.06. The molecule has 0 saturated carbocycles. The van der Waals surface area contributed by atoms with Gasteiger partial charge in [-0.15, -0.1) is 0 Å². The third kappa shape index (κ3) is 3.13. The minimum atomic E-state index is -0.941. The molecule has 0 radical (unpaired) electrons. The van der Waals surface area contributed by atoms with Crippen molar-refractivity contribution >= 4 is 22.5 Å². The van der Waals surface area contributed by atoms with Crippen molar-refractivity contribution < 1.29 is 19.4 Å². The second kappa shape index (κ2) is 6.54. The molecule has 3 rings (SSSR count). The molecule has 0 amide bonds. The topological polar surface area (TPSA) is 63.6 Å². The van der Waals surface area contributed by atoms with Gasteiger partial charge in [0, 0.05) is 11.1 Å². The first kappa shape index (κ1) is 15.7. The van der Waals surface area contributed by atoms with E-state index in [9.17, 15) is 14.7 Å². The molecule has 120 valence electrons.